The van der Waals surface area contributed by atoms with Gasteiger partial charge in [0.1, 0.15) is 5.82 Å². The van der Waals surface area contributed by atoms with E-state index < -0.39 is 0 Å². The Balaban J connectivity index is 1.91. The number of benzene rings is 2. The van der Waals surface area contributed by atoms with Crippen LogP contribution >= 0.6 is 11.8 Å². The number of aliphatic hydroxyl groups excluding tert-OH is 1. The van der Waals surface area contributed by atoms with E-state index in [2.05, 4.69) is 24.0 Å². The maximum Gasteiger partial charge on any atom is 0.128 e. The second-order valence-electron chi connectivity index (χ2n) is 4.56. The summed E-state index contributed by atoms with van der Waals surface area (Å²) in [6.07, 6.45) is 0.413. The quantitative estimate of drug-likeness (QED) is 0.843. The van der Waals surface area contributed by atoms with Gasteiger partial charge in [0.15, 0.2) is 0 Å². The van der Waals surface area contributed by atoms with E-state index in [0.717, 1.165) is 5.75 Å². The van der Waals surface area contributed by atoms with Crippen molar-refractivity contribution in [1.29, 1.82) is 0 Å². The predicted molar refractivity (Wildman–Crippen MR) is 86.4 cm³/mol. The van der Waals surface area contributed by atoms with E-state index in [4.69, 9.17) is 5.11 Å². The van der Waals surface area contributed by atoms with Gasteiger partial charge in [-0.1, -0.05) is 48.2 Å². The lowest BCUT2D eigenvalue weighted by Gasteiger charge is -2.04. The second-order valence-corrected chi connectivity index (χ2v) is 5.55. The molecule has 0 fully saturated rings. The van der Waals surface area contributed by atoms with Crippen molar-refractivity contribution in [3.05, 3.63) is 71.0 Å². The molecule has 0 bridgehead atoms. The molecule has 0 amide bonds. The van der Waals surface area contributed by atoms with Gasteiger partial charge in [-0.25, -0.2) is 4.39 Å². The van der Waals surface area contributed by atoms with Crippen LogP contribution in [0.3, 0.4) is 0 Å². The van der Waals surface area contributed by atoms with Crippen molar-refractivity contribution in [3.63, 3.8) is 0 Å². The zero-order valence-electron chi connectivity index (χ0n) is 11.7. The first kappa shape index (κ1) is 15.6. The zero-order valence-corrected chi connectivity index (χ0v) is 12.5. The molecule has 21 heavy (non-hydrogen) atoms. The van der Waals surface area contributed by atoms with Gasteiger partial charge in [0.25, 0.3) is 0 Å². The van der Waals surface area contributed by atoms with Crippen LogP contribution in [0.25, 0.3) is 0 Å². The molecule has 0 aliphatic carbocycles. The molecule has 0 saturated heterocycles. The summed E-state index contributed by atoms with van der Waals surface area (Å²) in [6, 6.07) is 15.2. The van der Waals surface area contributed by atoms with Gasteiger partial charge in [0.05, 0.1) is 6.61 Å². The van der Waals surface area contributed by atoms with Crippen LogP contribution in [0.2, 0.25) is 0 Å². The highest BCUT2D eigenvalue weighted by Gasteiger charge is 2.03. The van der Waals surface area contributed by atoms with Crippen molar-refractivity contribution in [2.45, 2.75) is 17.9 Å². The lowest BCUT2D eigenvalue weighted by atomic mass is 10.1. The summed E-state index contributed by atoms with van der Waals surface area (Å²) < 4.78 is 14.0. The van der Waals surface area contributed by atoms with Crippen LogP contribution in [-0.4, -0.2) is 11.7 Å². The lowest BCUT2D eigenvalue weighted by Crippen LogP contribution is -1.90. The van der Waals surface area contributed by atoms with Crippen LogP contribution < -0.4 is 0 Å². The topological polar surface area (TPSA) is 20.2 Å². The molecule has 0 aromatic heterocycles. The molecule has 0 aliphatic heterocycles. The fraction of sp³-hybridized carbons (Fsp3) is 0.222. The molecular formula is C18H17FOS. The summed E-state index contributed by atoms with van der Waals surface area (Å²) in [7, 11) is 0. The second kappa shape index (κ2) is 8.51. The van der Waals surface area contributed by atoms with Crippen molar-refractivity contribution in [3.8, 4) is 11.8 Å². The fourth-order valence-electron chi connectivity index (χ4n) is 1.82. The molecule has 2 aromatic rings. The van der Waals surface area contributed by atoms with E-state index in [0.29, 0.717) is 23.3 Å². The highest BCUT2D eigenvalue weighted by atomic mass is 32.2. The Morgan fingerprint density at radius 2 is 1.86 bits per heavy atom. The highest BCUT2D eigenvalue weighted by molar-refractivity contribution is 7.97. The van der Waals surface area contributed by atoms with Crippen LogP contribution in [0.4, 0.5) is 4.39 Å². The van der Waals surface area contributed by atoms with Gasteiger partial charge in [-0.3, -0.25) is 0 Å². The molecule has 1 nitrogen and oxygen atoms in total. The molecule has 0 radical (unpaired) electrons. The number of thioether (sulfide) groups is 1. The molecule has 0 heterocycles. The molecule has 0 unspecified atom stereocenters. The summed E-state index contributed by atoms with van der Waals surface area (Å²) in [4.78, 5) is 0. The van der Waals surface area contributed by atoms with E-state index in [1.165, 1.54) is 11.6 Å². The summed E-state index contributed by atoms with van der Waals surface area (Å²) in [5.41, 5.74) is 2.59. The summed E-state index contributed by atoms with van der Waals surface area (Å²) >= 11 is 1.69. The van der Waals surface area contributed by atoms with Gasteiger partial charge >= 0.3 is 0 Å². The van der Waals surface area contributed by atoms with Gasteiger partial charge in [-0.05, 0) is 23.3 Å². The summed E-state index contributed by atoms with van der Waals surface area (Å²) in [5.74, 6) is 6.93. The van der Waals surface area contributed by atoms with Crippen molar-refractivity contribution >= 4 is 11.8 Å². The monoisotopic (exact) mass is 300 g/mol. The van der Waals surface area contributed by atoms with Crippen LogP contribution in [0.15, 0.2) is 48.5 Å². The Bertz CT molecular complexity index is 629. The van der Waals surface area contributed by atoms with Crippen molar-refractivity contribution < 1.29 is 9.50 Å². The number of hydrogen-bond donors (Lipinski definition) is 1. The largest absolute Gasteiger partial charge is 0.395 e. The first-order valence-electron chi connectivity index (χ1n) is 6.79. The molecule has 3 heteroatoms. The number of rotatable bonds is 5. The highest BCUT2D eigenvalue weighted by Crippen LogP contribution is 2.20. The predicted octanol–water partition coefficient (Wildman–Crippen LogP) is 3.99. The number of aliphatic hydroxyl groups is 1. The van der Waals surface area contributed by atoms with Crippen LogP contribution in [0.5, 0.6) is 0 Å². The smallest absolute Gasteiger partial charge is 0.128 e. The lowest BCUT2D eigenvalue weighted by molar-refractivity contribution is 0.305. The molecule has 0 saturated carbocycles. The van der Waals surface area contributed by atoms with Crippen molar-refractivity contribution in [1.82, 2.24) is 0 Å². The van der Waals surface area contributed by atoms with E-state index >= 15 is 0 Å². The Labute approximate surface area is 129 Å². The number of hydrogen-bond acceptors (Lipinski definition) is 2. The third kappa shape index (κ3) is 5.26. The first-order chi connectivity index (χ1) is 10.3. The first-order valence-corrected chi connectivity index (χ1v) is 7.95. The standard InChI is InChI=1S/C18H17FOS/c19-18-12-15(6-4-5-11-20)9-10-17(18)14-21-13-16-7-2-1-3-8-16/h1-3,7-10,12,20H,5,11,13-14H2. The minimum atomic E-state index is -0.216. The van der Waals surface area contributed by atoms with Crippen LogP contribution in [0.1, 0.15) is 23.1 Å². The SMILES string of the molecule is OCCC#Cc1ccc(CSCc2ccccc2)c(F)c1. The molecule has 2 rings (SSSR count). The maximum atomic E-state index is 14.0. The van der Waals surface area contributed by atoms with E-state index in [9.17, 15) is 4.39 Å². The van der Waals surface area contributed by atoms with Gasteiger partial charge in [0.2, 0.25) is 0 Å². The normalized spacial score (nSPS) is 10.0. The Morgan fingerprint density at radius 1 is 1.05 bits per heavy atom. The van der Waals surface area contributed by atoms with Crippen molar-refractivity contribution in [2.24, 2.45) is 0 Å². The molecule has 0 aliphatic rings. The third-order valence-corrected chi connectivity index (χ3v) is 3.94. The van der Waals surface area contributed by atoms with Crippen LogP contribution in [0, 0.1) is 17.7 Å². The van der Waals surface area contributed by atoms with E-state index in [1.54, 1.807) is 17.8 Å². The number of halogens is 1. The van der Waals surface area contributed by atoms with E-state index in [-0.39, 0.29) is 12.4 Å². The molecular weight excluding hydrogens is 283 g/mol. The van der Waals surface area contributed by atoms with Crippen LogP contribution in [-0.2, 0) is 11.5 Å². The minimum absolute atomic E-state index is 0.0314. The van der Waals surface area contributed by atoms with Gasteiger partial charge in [0, 0.05) is 23.5 Å². The van der Waals surface area contributed by atoms with Gasteiger partial charge in [-0.15, -0.1) is 0 Å². The molecule has 108 valence electrons. The molecule has 0 spiro atoms. The minimum Gasteiger partial charge on any atom is -0.395 e. The Hall–Kier alpha value is -1.76. The van der Waals surface area contributed by atoms with E-state index in [1.807, 2.05) is 24.3 Å². The Morgan fingerprint density at radius 3 is 2.57 bits per heavy atom. The average molecular weight is 300 g/mol. The zero-order chi connectivity index (χ0) is 14.9. The fourth-order valence-corrected chi connectivity index (χ4v) is 2.80. The van der Waals surface area contributed by atoms with Crippen molar-refractivity contribution in [2.75, 3.05) is 6.61 Å². The van der Waals surface area contributed by atoms with Gasteiger partial charge in [-0.2, -0.15) is 11.8 Å². The maximum absolute atomic E-state index is 14.0. The van der Waals surface area contributed by atoms with Gasteiger partial charge < -0.3 is 5.11 Å². The summed E-state index contributed by atoms with van der Waals surface area (Å²) in [5, 5.41) is 8.65. The molecule has 0 atom stereocenters. The Kier molecular flexibility index (Phi) is 6.33. The summed E-state index contributed by atoms with van der Waals surface area (Å²) in [6.45, 7) is 0.0314. The third-order valence-electron chi connectivity index (χ3n) is 2.89. The molecule has 2 aromatic carbocycles. The average Bonchev–Trinajstić information content (AvgIpc) is 2.51. The molecule has 1 N–H and O–H groups in total.